The van der Waals surface area contributed by atoms with Crippen molar-refractivity contribution in [2.75, 3.05) is 7.05 Å². The minimum atomic E-state index is -0.0726. The molecule has 0 saturated carbocycles. The van der Waals surface area contributed by atoms with Crippen molar-refractivity contribution in [1.82, 2.24) is 10.6 Å². The zero-order valence-electron chi connectivity index (χ0n) is 13.1. The Balaban J connectivity index is 2.57. The van der Waals surface area contributed by atoms with Crippen LogP contribution in [-0.4, -0.2) is 24.2 Å². The Kier molecular flexibility index (Phi) is 7.10. The first-order chi connectivity index (χ1) is 9.47. The van der Waals surface area contributed by atoms with Gasteiger partial charge in [-0.1, -0.05) is 19.1 Å². The Bertz CT molecular complexity index is 419. The van der Waals surface area contributed by atoms with Gasteiger partial charge in [-0.3, -0.25) is 4.79 Å². The van der Waals surface area contributed by atoms with E-state index in [-0.39, 0.29) is 17.2 Å². The number of thioether (sulfide) groups is 1. The average Bonchev–Trinajstić information content (AvgIpc) is 2.46. The van der Waals surface area contributed by atoms with Gasteiger partial charge in [-0.05, 0) is 51.9 Å². The smallest absolute Gasteiger partial charge is 0.233 e. The first-order valence-electron chi connectivity index (χ1n) is 7.22. The molecule has 3 unspecified atom stereocenters. The lowest BCUT2D eigenvalue weighted by Gasteiger charge is -2.16. The summed E-state index contributed by atoms with van der Waals surface area (Å²) >= 11 is 1.60. The van der Waals surface area contributed by atoms with E-state index in [1.807, 2.05) is 20.9 Å². The van der Waals surface area contributed by atoms with Crippen molar-refractivity contribution >= 4 is 17.7 Å². The minimum absolute atomic E-state index is 0.0726. The maximum absolute atomic E-state index is 12.0. The van der Waals surface area contributed by atoms with Crippen LogP contribution in [0.4, 0.5) is 0 Å². The van der Waals surface area contributed by atoms with Crippen molar-refractivity contribution in [2.45, 2.75) is 56.3 Å². The number of amides is 1. The topological polar surface area (TPSA) is 41.1 Å². The fraction of sp³-hybridized carbons (Fsp3) is 0.562. The van der Waals surface area contributed by atoms with Gasteiger partial charge in [0.1, 0.15) is 0 Å². The van der Waals surface area contributed by atoms with E-state index in [0.717, 1.165) is 11.3 Å². The molecule has 3 atom stereocenters. The van der Waals surface area contributed by atoms with Crippen LogP contribution in [0.2, 0.25) is 0 Å². The van der Waals surface area contributed by atoms with E-state index in [2.05, 4.69) is 48.7 Å². The van der Waals surface area contributed by atoms with E-state index in [4.69, 9.17) is 0 Å². The predicted octanol–water partition coefficient (Wildman–Crippen LogP) is 3.36. The van der Waals surface area contributed by atoms with Crippen molar-refractivity contribution in [3.63, 3.8) is 0 Å². The second-order valence-electron chi connectivity index (χ2n) is 5.16. The van der Waals surface area contributed by atoms with Crippen molar-refractivity contribution in [1.29, 1.82) is 0 Å². The lowest BCUT2D eigenvalue weighted by atomic mass is 10.1. The Labute approximate surface area is 126 Å². The average molecular weight is 294 g/mol. The lowest BCUT2D eigenvalue weighted by Crippen LogP contribution is -2.37. The monoisotopic (exact) mass is 294 g/mol. The Morgan fingerprint density at radius 3 is 2.30 bits per heavy atom. The lowest BCUT2D eigenvalue weighted by molar-refractivity contribution is -0.120. The van der Waals surface area contributed by atoms with Crippen LogP contribution in [0.15, 0.2) is 29.2 Å². The summed E-state index contributed by atoms with van der Waals surface area (Å²) in [6.45, 7) is 8.19. The fourth-order valence-electron chi connectivity index (χ4n) is 1.72. The number of carbonyl (C=O) groups is 1. The number of hydrogen-bond donors (Lipinski definition) is 2. The van der Waals surface area contributed by atoms with Crippen molar-refractivity contribution in [3.05, 3.63) is 29.8 Å². The molecular weight excluding hydrogens is 268 g/mol. The van der Waals surface area contributed by atoms with E-state index in [0.29, 0.717) is 6.04 Å². The Morgan fingerprint density at radius 2 is 1.80 bits per heavy atom. The third kappa shape index (κ3) is 5.17. The number of rotatable bonds is 7. The SMILES string of the molecule is CCC(C)NC(=O)C(C)Sc1ccc(C(C)NC)cc1. The van der Waals surface area contributed by atoms with Gasteiger partial charge in [-0.25, -0.2) is 0 Å². The zero-order valence-corrected chi connectivity index (χ0v) is 13.9. The van der Waals surface area contributed by atoms with Crippen LogP contribution in [0, 0.1) is 0 Å². The maximum Gasteiger partial charge on any atom is 0.233 e. The summed E-state index contributed by atoms with van der Waals surface area (Å²) in [5, 5.41) is 6.16. The molecule has 3 nitrogen and oxygen atoms in total. The molecule has 0 fully saturated rings. The number of carbonyl (C=O) groups excluding carboxylic acids is 1. The Morgan fingerprint density at radius 1 is 1.20 bits per heavy atom. The van der Waals surface area contributed by atoms with Gasteiger partial charge in [0.05, 0.1) is 5.25 Å². The van der Waals surface area contributed by atoms with Gasteiger partial charge in [0.25, 0.3) is 0 Å². The quantitative estimate of drug-likeness (QED) is 0.758. The molecule has 1 aromatic rings. The van der Waals surface area contributed by atoms with Crippen molar-refractivity contribution in [2.24, 2.45) is 0 Å². The summed E-state index contributed by atoms with van der Waals surface area (Å²) in [5.74, 6) is 0.108. The molecule has 0 aliphatic heterocycles. The molecule has 112 valence electrons. The molecule has 0 aliphatic rings. The standard InChI is InChI=1S/C16H26N2OS/c1-6-11(2)18-16(19)13(4)20-15-9-7-14(8-10-15)12(3)17-5/h7-13,17H,6H2,1-5H3,(H,18,19). The molecule has 0 aliphatic carbocycles. The summed E-state index contributed by atoms with van der Waals surface area (Å²) < 4.78 is 0. The van der Waals surface area contributed by atoms with E-state index in [1.165, 1.54) is 5.56 Å². The number of hydrogen-bond acceptors (Lipinski definition) is 3. The maximum atomic E-state index is 12.0. The van der Waals surface area contributed by atoms with Crippen LogP contribution >= 0.6 is 11.8 Å². The van der Waals surface area contributed by atoms with Crippen LogP contribution in [0.3, 0.4) is 0 Å². The van der Waals surface area contributed by atoms with Gasteiger partial charge < -0.3 is 10.6 Å². The summed E-state index contributed by atoms with van der Waals surface area (Å²) in [6, 6.07) is 8.98. The molecule has 0 spiro atoms. The molecule has 0 aromatic heterocycles. The van der Waals surface area contributed by atoms with Crippen LogP contribution in [0.1, 0.15) is 45.7 Å². The molecule has 1 amide bonds. The number of nitrogens with one attached hydrogen (secondary N) is 2. The fourth-order valence-corrected chi connectivity index (χ4v) is 2.60. The summed E-state index contributed by atoms with van der Waals surface area (Å²) in [5.41, 5.74) is 1.26. The molecule has 20 heavy (non-hydrogen) atoms. The first-order valence-corrected chi connectivity index (χ1v) is 8.10. The molecule has 1 aromatic carbocycles. The first kappa shape index (κ1) is 17.1. The molecule has 0 bridgehead atoms. The van der Waals surface area contributed by atoms with Gasteiger partial charge in [0.2, 0.25) is 5.91 Å². The largest absolute Gasteiger partial charge is 0.353 e. The molecule has 4 heteroatoms. The van der Waals surface area contributed by atoms with Crippen LogP contribution in [-0.2, 0) is 4.79 Å². The number of benzene rings is 1. The highest BCUT2D eigenvalue weighted by molar-refractivity contribution is 8.00. The highest BCUT2D eigenvalue weighted by Gasteiger charge is 2.15. The Hall–Kier alpha value is -1.00. The highest BCUT2D eigenvalue weighted by Crippen LogP contribution is 2.25. The molecule has 0 heterocycles. The van der Waals surface area contributed by atoms with E-state index in [1.54, 1.807) is 11.8 Å². The second kappa shape index (κ2) is 8.32. The molecule has 1 rings (SSSR count). The minimum Gasteiger partial charge on any atom is -0.353 e. The molecule has 2 N–H and O–H groups in total. The van der Waals surface area contributed by atoms with E-state index < -0.39 is 0 Å². The van der Waals surface area contributed by atoms with Gasteiger partial charge in [0.15, 0.2) is 0 Å². The summed E-state index contributed by atoms with van der Waals surface area (Å²) in [7, 11) is 1.95. The highest BCUT2D eigenvalue weighted by atomic mass is 32.2. The zero-order chi connectivity index (χ0) is 15.1. The summed E-state index contributed by atoms with van der Waals surface area (Å²) in [4.78, 5) is 13.1. The van der Waals surface area contributed by atoms with Crippen molar-refractivity contribution < 1.29 is 4.79 Å². The molecular formula is C16H26N2OS. The van der Waals surface area contributed by atoms with E-state index in [9.17, 15) is 4.79 Å². The third-order valence-corrected chi connectivity index (χ3v) is 4.61. The predicted molar refractivity (Wildman–Crippen MR) is 87.1 cm³/mol. The third-order valence-electron chi connectivity index (χ3n) is 3.50. The van der Waals surface area contributed by atoms with Crippen LogP contribution in [0.5, 0.6) is 0 Å². The normalized spacial score (nSPS) is 15.4. The molecule has 0 radical (unpaired) electrons. The van der Waals surface area contributed by atoms with Crippen LogP contribution < -0.4 is 10.6 Å². The molecule has 0 saturated heterocycles. The summed E-state index contributed by atoms with van der Waals surface area (Å²) in [6.07, 6.45) is 0.958. The van der Waals surface area contributed by atoms with Gasteiger partial charge in [-0.15, -0.1) is 11.8 Å². The van der Waals surface area contributed by atoms with E-state index >= 15 is 0 Å². The van der Waals surface area contributed by atoms with Crippen molar-refractivity contribution in [3.8, 4) is 0 Å². The second-order valence-corrected chi connectivity index (χ2v) is 6.57. The van der Waals surface area contributed by atoms with Gasteiger partial charge >= 0.3 is 0 Å². The van der Waals surface area contributed by atoms with Gasteiger partial charge in [-0.2, -0.15) is 0 Å². The van der Waals surface area contributed by atoms with Crippen LogP contribution in [0.25, 0.3) is 0 Å². The van der Waals surface area contributed by atoms with Gasteiger partial charge in [0, 0.05) is 17.0 Å².